The van der Waals surface area contributed by atoms with Crippen molar-refractivity contribution in [2.24, 2.45) is 5.92 Å². The van der Waals surface area contributed by atoms with Crippen molar-refractivity contribution in [3.63, 3.8) is 0 Å². The van der Waals surface area contributed by atoms with Crippen molar-refractivity contribution < 1.29 is 4.79 Å². The molecule has 1 saturated heterocycles. The van der Waals surface area contributed by atoms with Gasteiger partial charge in [0.2, 0.25) is 5.91 Å². The Labute approximate surface area is 134 Å². The third-order valence-electron chi connectivity index (χ3n) is 4.14. The summed E-state index contributed by atoms with van der Waals surface area (Å²) in [5.74, 6) is 1.19. The summed E-state index contributed by atoms with van der Waals surface area (Å²) in [6.07, 6.45) is 7.37. The largest absolute Gasteiger partial charge is 0.355 e. The van der Waals surface area contributed by atoms with E-state index in [0.29, 0.717) is 16.5 Å². The van der Waals surface area contributed by atoms with Crippen LogP contribution < -0.4 is 10.2 Å². The molecular weight excluding hydrogens is 298 g/mol. The molecule has 1 saturated carbocycles. The molecule has 2 fully saturated rings. The van der Waals surface area contributed by atoms with Gasteiger partial charge in [0.05, 0.1) is 6.20 Å². The number of amides is 1. The fourth-order valence-electron chi connectivity index (χ4n) is 2.68. The van der Waals surface area contributed by atoms with Gasteiger partial charge in [-0.15, -0.1) is 0 Å². The molecule has 1 aromatic rings. The van der Waals surface area contributed by atoms with Gasteiger partial charge in [-0.1, -0.05) is 11.8 Å². The van der Waals surface area contributed by atoms with E-state index in [1.165, 1.54) is 11.8 Å². The van der Waals surface area contributed by atoms with Gasteiger partial charge in [0, 0.05) is 25.0 Å². The molecule has 1 N–H and O–H groups in total. The summed E-state index contributed by atoms with van der Waals surface area (Å²) < 4.78 is 0. The Balaban J connectivity index is 1.63. The number of anilines is 1. The van der Waals surface area contributed by atoms with Gasteiger partial charge >= 0.3 is 0 Å². The molecule has 2 aliphatic rings. The van der Waals surface area contributed by atoms with Crippen LogP contribution in [0.15, 0.2) is 11.4 Å². The highest BCUT2D eigenvalue weighted by Crippen LogP contribution is 2.29. The van der Waals surface area contributed by atoms with Crippen LogP contribution in [0.25, 0.3) is 0 Å². The number of aromatic nitrogens is 2. The number of hydrogen-bond donors (Lipinski definition) is 1. The van der Waals surface area contributed by atoms with E-state index < -0.39 is 0 Å². The number of hydrogen-bond acceptors (Lipinski definition) is 6. The minimum atomic E-state index is 0.211. The zero-order valence-corrected chi connectivity index (χ0v) is 13.4. The Morgan fingerprint density at radius 2 is 2.14 bits per heavy atom. The number of nitriles is 1. The molecule has 1 aliphatic carbocycles. The average Bonchev–Trinajstić information content (AvgIpc) is 3.40. The number of carbonyl (C=O) groups excluding carboxylic acids is 1. The van der Waals surface area contributed by atoms with Crippen molar-refractivity contribution in [3.8, 4) is 6.07 Å². The predicted octanol–water partition coefficient (Wildman–Crippen LogP) is 1.57. The van der Waals surface area contributed by atoms with Crippen molar-refractivity contribution in [1.82, 2.24) is 15.3 Å². The van der Waals surface area contributed by atoms with Gasteiger partial charge < -0.3 is 10.2 Å². The fourth-order valence-corrected chi connectivity index (χ4v) is 3.01. The highest BCUT2D eigenvalue weighted by Gasteiger charge is 2.32. The maximum atomic E-state index is 11.8. The van der Waals surface area contributed by atoms with E-state index in [0.717, 1.165) is 38.8 Å². The third kappa shape index (κ3) is 3.33. The number of carbonyl (C=O) groups is 1. The van der Waals surface area contributed by atoms with Gasteiger partial charge in [-0.25, -0.2) is 9.97 Å². The Morgan fingerprint density at radius 1 is 1.41 bits per heavy atom. The summed E-state index contributed by atoms with van der Waals surface area (Å²) in [6.45, 7) is 1.60. The molecule has 0 radical (unpaired) electrons. The fraction of sp³-hybridized carbons (Fsp3) is 0.600. The van der Waals surface area contributed by atoms with Crippen molar-refractivity contribution in [2.45, 2.75) is 36.9 Å². The van der Waals surface area contributed by atoms with E-state index in [4.69, 9.17) is 0 Å². The molecule has 1 aromatic heterocycles. The lowest BCUT2D eigenvalue weighted by Crippen LogP contribution is -2.45. The molecule has 2 heterocycles. The standard InChI is InChI=1S/C15H19N5OS/c1-22-15-17-9-11(8-16)13(19-15)20-6-4-12(5-7-20)18-14(21)10-2-3-10/h9-10,12H,2-7H2,1H3,(H,18,21). The summed E-state index contributed by atoms with van der Waals surface area (Å²) >= 11 is 1.47. The molecule has 3 rings (SSSR count). The molecule has 7 heteroatoms. The molecule has 0 spiro atoms. The number of piperidine rings is 1. The van der Waals surface area contributed by atoms with Crippen LogP contribution in [0.4, 0.5) is 5.82 Å². The van der Waals surface area contributed by atoms with Crippen molar-refractivity contribution in [3.05, 3.63) is 11.8 Å². The molecule has 0 atom stereocenters. The second-order valence-corrected chi connectivity index (χ2v) is 6.52. The first kappa shape index (κ1) is 15.1. The Kier molecular flexibility index (Phi) is 4.48. The summed E-state index contributed by atoms with van der Waals surface area (Å²) in [6, 6.07) is 2.41. The maximum absolute atomic E-state index is 11.8. The minimum Gasteiger partial charge on any atom is -0.355 e. The first-order chi connectivity index (χ1) is 10.7. The second-order valence-electron chi connectivity index (χ2n) is 5.75. The third-order valence-corrected chi connectivity index (χ3v) is 4.70. The first-order valence-electron chi connectivity index (χ1n) is 7.57. The SMILES string of the molecule is CSc1ncc(C#N)c(N2CCC(NC(=O)C3CC3)CC2)n1. The van der Waals surface area contributed by atoms with Crippen LogP contribution in [0.5, 0.6) is 0 Å². The minimum absolute atomic E-state index is 0.211. The van der Waals surface area contributed by atoms with Crippen LogP contribution in [0.2, 0.25) is 0 Å². The summed E-state index contributed by atoms with van der Waals surface area (Å²) in [7, 11) is 0. The lowest BCUT2D eigenvalue weighted by molar-refractivity contribution is -0.123. The van der Waals surface area contributed by atoms with Gasteiger partial charge in [0.1, 0.15) is 11.6 Å². The molecular formula is C15H19N5OS. The zero-order chi connectivity index (χ0) is 15.5. The molecule has 0 bridgehead atoms. The second kappa shape index (κ2) is 6.53. The van der Waals surface area contributed by atoms with Crippen molar-refractivity contribution in [2.75, 3.05) is 24.2 Å². The van der Waals surface area contributed by atoms with E-state index in [1.54, 1.807) is 6.20 Å². The molecule has 22 heavy (non-hydrogen) atoms. The normalized spacial score (nSPS) is 18.8. The Morgan fingerprint density at radius 3 is 2.73 bits per heavy atom. The highest BCUT2D eigenvalue weighted by molar-refractivity contribution is 7.98. The van der Waals surface area contributed by atoms with E-state index in [1.807, 2.05) is 6.26 Å². The van der Waals surface area contributed by atoms with Crippen molar-refractivity contribution in [1.29, 1.82) is 5.26 Å². The van der Waals surface area contributed by atoms with Crippen LogP contribution in [-0.2, 0) is 4.79 Å². The van der Waals surface area contributed by atoms with Crippen LogP contribution in [-0.4, -0.2) is 41.3 Å². The van der Waals surface area contributed by atoms with Crippen molar-refractivity contribution >= 4 is 23.5 Å². The maximum Gasteiger partial charge on any atom is 0.223 e. The van der Waals surface area contributed by atoms with E-state index >= 15 is 0 Å². The number of nitrogens with one attached hydrogen (secondary N) is 1. The lowest BCUT2D eigenvalue weighted by atomic mass is 10.0. The molecule has 0 aromatic carbocycles. The van der Waals surface area contributed by atoms with E-state index in [9.17, 15) is 10.1 Å². The number of nitrogens with zero attached hydrogens (tertiary/aromatic N) is 4. The highest BCUT2D eigenvalue weighted by atomic mass is 32.2. The van der Waals surface area contributed by atoms with Gasteiger partial charge in [-0.05, 0) is 31.9 Å². The topological polar surface area (TPSA) is 81.9 Å². The lowest BCUT2D eigenvalue weighted by Gasteiger charge is -2.33. The van der Waals surface area contributed by atoms with Gasteiger partial charge in [0.15, 0.2) is 11.0 Å². The molecule has 0 unspecified atom stereocenters. The van der Waals surface area contributed by atoms with Crippen LogP contribution in [0.1, 0.15) is 31.2 Å². The smallest absolute Gasteiger partial charge is 0.223 e. The van der Waals surface area contributed by atoms with Gasteiger partial charge in [0.25, 0.3) is 0 Å². The summed E-state index contributed by atoms with van der Waals surface area (Å²) in [5.41, 5.74) is 0.512. The monoisotopic (exact) mass is 317 g/mol. The van der Waals surface area contributed by atoms with Gasteiger partial charge in [-0.3, -0.25) is 4.79 Å². The Bertz CT molecular complexity index is 602. The Hall–Kier alpha value is -1.81. The molecule has 116 valence electrons. The summed E-state index contributed by atoms with van der Waals surface area (Å²) in [4.78, 5) is 22.6. The van der Waals surface area contributed by atoms with Crippen LogP contribution >= 0.6 is 11.8 Å². The predicted molar refractivity (Wildman–Crippen MR) is 84.6 cm³/mol. The number of rotatable bonds is 4. The average molecular weight is 317 g/mol. The molecule has 1 amide bonds. The van der Waals surface area contributed by atoms with Crippen LogP contribution in [0, 0.1) is 17.2 Å². The van der Waals surface area contributed by atoms with Crippen LogP contribution in [0.3, 0.4) is 0 Å². The van der Waals surface area contributed by atoms with E-state index in [-0.39, 0.29) is 17.9 Å². The first-order valence-corrected chi connectivity index (χ1v) is 8.80. The number of thioether (sulfide) groups is 1. The molecule has 1 aliphatic heterocycles. The van der Waals surface area contributed by atoms with Gasteiger partial charge in [-0.2, -0.15) is 5.26 Å². The van der Waals surface area contributed by atoms with E-state index in [2.05, 4.69) is 26.3 Å². The summed E-state index contributed by atoms with van der Waals surface area (Å²) in [5, 5.41) is 13.0. The molecule has 6 nitrogen and oxygen atoms in total. The quantitative estimate of drug-likeness (QED) is 0.670. The zero-order valence-electron chi connectivity index (χ0n) is 12.6.